The van der Waals surface area contributed by atoms with E-state index in [1.54, 1.807) is 6.07 Å². The van der Waals surface area contributed by atoms with Crippen molar-refractivity contribution in [3.8, 4) is 5.75 Å². The molecule has 18 heavy (non-hydrogen) atoms. The van der Waals surface area contributed by atoms with Crippen LogP contribution in [0.3, 0.4) is 0 Å². The molecule has 2 nitrogen and oxygen atoms in total. The molecule has 4 heteroatoms. The number of nitrogens with one attached hydrogen (secondary N) is 1. The zero-order valence-corrected chi connectivity index (χ0v) is 12.0. The Morgan fingerprint density at radius 1 is 1.22 bits per heavy atom. The van der Waals surface area contributed by atoms with E-state index < -0.39 is 0 Å². The van der Waals surface area contributed by atoms with Gasteiger partial charge in [-0.3, -0.25) is 0 Å². The summed E-state index contributed by atoms with van der Waals surface area (Å²) in [4.78, 5) is 0. The molecule has 1 aromatic carbocycles. The van der Waals surface area contributed by atoms with E-state index in [4.69, 9.17) is 4.74 Å². The van der Waals surface area contributed by atoms with E-state index in [0.29, 0.717) is 16.8 Å². The molecule has 0 aliphatic heterocycles. The second-order valence-corrected chi connectivity index (χ2v) is 5.66. The molecule has 0 radical (unpaired) electrons. The predicted molar refractivity (Wildman–Crippen MR) is 74.5 cm³/mol. The minimum absolute atomic E-state index is 0.270. The molecular weight excluding hydrogens is 297 g/mol. The van der Waals surface area contributed by atoms with E-state index in [9.17, 15) is 4.39 Å². The fourth-order valence-electron chi connectivity index (χ4n) is 1.80. The molecule has 1 N–H and O–H groups in total. The van der Waals surface area contributed by atoms with Crippen molar-refractivity contribution >= 4 is 15.9 Å². The van der Waals surface area contributed by atoms with E-state index in [2.05, 4.69) is 21.2 Å². The summed E-state index contributed by atoms with van der Waals surface area (Å²) in [6.07, 6.45) is 6.04. The van der Waals surface area contributed by atoms with Gasteiger partial charge in [0.05, 0.1) is 6.61 Å². The number of ether oxygens (including phenoxy) is 1. The van der Waals surface area contributed by atoms with Gasteiger partial charge in [-0.05, 0) is 50.8 Å². The van der Waals surface area contributed by atoms with Crippen LogP contribution in [-0.4, -0.2) is 19.2 Å². The van der Waals surface area contributed by atoms with Crippen LogP contribution < -0.4 is 10.1 Å². The highest BCUT2D eigenvalue weighted by Gasteiger charge is 2.19. The summed E-state index contributed by atoms with van der Waals surface area (Å²) >= 11 is 3.25. The smallest absolute Gasteiger partial charge is 0.128 e. The number of hydrogen-bond donors (Lipinski definition) is 1. The van der Waals surface area contributed by atoms with E-state index in [-0.39, 0.29) is 5.82 Å². The van der Waals surface area contributed by atoms with Gasteiger partial charge in [0.25, 0.3) is 0 Å². The summed E-state index contributed by atoms with van der Waals surface area (Å²) in [7, 11) is 0. The molecule has 1 saturated carbocycles. The molecule has 0 spiro atoms. The first-order valence-corrected chi connectivity index (χ1v) is 7.35. The van der Waals surface area contributed by atoms with Gasteiger partial charge >= 0.3 is 0 Å². The molecule has 1 fully saturated rings. The lowest BCUT2D eigenvalue weighted by Crippen LogP contribution is -2.17. The number of halogens is 2. The Kier molecular flexibility index (Phi) is 5.45. The van der Waals surface area contributed by atoms with Gasteiger partial charge in [0, 0.05) is 16.6 Å². The summed E-state index contributed by atoms with van der Waals surface area (Å²) in [5.41, 5.74) is 0. The van der Waals surface area contributed by atoms with Gasteiger partial charge in [-0.25, -0.2) is 4.39 Å². The lowest BCUT2D eigenvalue weighted by Gasteiger charge is -2.07. The maximum Gasteiger partial charge on any atom is 0.128 e. The normalized spacial score (nSPS) is 14.8. The zero-order chi connectivity index (χ0) is 12.8. The molecule has 100 valence electrons. The van der Waals surface area contributed by atoms with Gasteiger partial charge in [0.2, 0.25) is 0 Å². The minimum Gasteiger partial charge on any atom is -0.493 e. The Morgan fingerprint density at radius 3 is 2.78 bits per heavy atom. The van der Waals surface area contributed by atoms with Crippen LogP contribution >= 0.6 is 15.9 Å². The van der Waals surface area contributed by atoms with E-state index in [1.807, 2.05) is 0 Å². The quantitative estimate of drug-likeness (QED) is 0.735. The van der Waals surface area contributed by atoms with Crippen molar-refractivity contribution < 1.29 is 9.13 Å². The van der Waals surface area contributed by atoms with Gasteiger partial charge in [-0.15, -0.1) is 0 Å². The number of unbranched alkanes of at least 4 members (excludes halogenated alkanes) is 2. The minimum atomic E-state index is -0.270. The Labute approximate surface area is 116 Å². The first kappa shape index (κ1) is 13.8. The Bertz CT molecular complexity index is 362. The van der Waals surface area contributed by atoms with Gasteiger partial charge in [0.15, 0.2) is 0 Å². The molecule has 0 bridgehead atoms. The molecule has 0 saturated heterocycles. The lowest BCUT2D eigenvalue weighted by atomic mass is 10.2. The highest BCUT2D eigenvalue weighted by Crippen LogP contribution is 2.21. The molecule has 0 aromatic heterocycles. The average molecular weight is 316 g/mol. The maximum absolute atomic E-state index is 13.1. The van der Waals surface area contributed by atoms with Crippen LogP contribution in [-0.2, 0) is 0 Å². The predicted octanol–water partition coefficient (Wildman–Crippen LogP) is 3.89. The van der Waals surface area contributed by atoms with Crippen LogP contribution in [0.2, 0.25) is 0 Å². The summed E-state index contributed by atoms with van der Waals surface area (Å²) < 4.78 is 19.3. The average Bonchev–Trinajstić information content (AvgIpc) is 3.10. The Morgan fingerprint density at radius 2 is 2.06 bits per heavy atom. The fraction of sp³-hybridized carbons (Fsp3) is 0.571. The van der Waals surface area contributed by atoms with E-state index >= 15 is 0 Å². The molecule has 1 aliphatic carbocycles. The Balaban J connectivity index is 1.53. The van der Waals surface area contributed by atoms with Crippen LogP contribution in [0.15, 0.2) is 22.7 Å². The largest absolute Gasteiger partial charge is 0.493 e. The highest BCUT2D eigenvalue weighted by molar-refractivity contribution is 9.10. The first-order chi connectivity index (χ1) is 8.74. The van der Waals surface area contributed by atoms with Gasteiger partial charge in [-0.1, -0.05) is 15.9 Å². The van der Waals surface area contributed by atoms with Crippen LogP contribution in [0, 0.1) is 5.82 Å². The Hall–Kier alpha value is -0.610. The summed E-state index contributed by atoms with van der Waals surface area (Å²) in [5, 5.41) is 3.48. The molecule has 1 aromatic rings. The van der Waals surface area contributed by atoms with Crippen molar-refractivity contribution in [2.45, 2.75) is 38.1 Å². The number of hydrogen-bond acceptors (Lipinski definition) is 2. The zero-order valence-electron chi connectivity index (χ0n) is 10.4. The molecule has 0 atom stereocenters. The van der Waals surface area contributed by atoms with Crippen molar-refractivity contribution in [3.05, 3.63) is 28.5 Å². The standard InChI is InChI=1S/C14H19BrFNO/c15-11-8-12(16)10-14(9-11)18-7-3-1-2-6-17-13-4-5-13/h8-10,13,17H,1-7H2. The van der Waals surface area contributed by atoms with Crippen LogP contribution in [0.25, 0.3) is 0 Å². The summed E-state index contributed by atoms with van der Waals surface area (Å²) in [6.45, 7) is 1.76. The number of benzene rings is 1. The van der Waals surface area contributed by atoms with Crippen molar-refractivity contribution in [3.63, 3.8) is 0 Å². The molecule has 2 rings (SSSR count). The van der Waals surface area contributed by atoms with E-state index in [0.717, 1.165) is 25.4 Å². The fourth-order valence-corrected chi connectivity index (χ4v) is 2.24. The molecular formula is C14H19BrFNO. The van der Waals surface area contributed by atoms with Crippen molar-refractivity contribution in [1.29, 1.82) is 0 Å². The van der Waals surface area contributed by atoms with Crippen molar-refractivity contribution in [2.24, 2.45) is 0 Å². The SMILES string of the molecule is Fc1cc(Br)cc(OCCCCCNC2CC2)c1. The second kappa shape index (κ2) is 7.10. The molecule has 0 amide bonds. The molecule has 1 aliphatic rings. The van der Waals surface area contributed by atoms with Crippen molar-refractivity contribution in [2.75, 3.05) is 13.2 Å². The van der Waals surface area contributed by atoms with Gasteiger partial charge < -0.3 is 10.1 Å². The number of rotatable bonds is 8. The monoisotopic (exact) mass is 315 g/mol. The van der Waals surface area contributed by atoms with Gasteiger partial charge in [-0.2, -0.15) is 0 Å². The topological polar surface area (TPSA) is 21.3 Å². The third-order valence-corrected chi connectivity index (χ3v) is 3.39. The van der Waals surface area contributed by atoms with Crippen LogP contribution in [0.1, 0.15) is 32.1 Å². The van der Waals surface area contributed by atoms with Gasteiger partial charge in [0.1, 0.15) is 11.6 Å². The maximum atomic E-state index is 13.1. The molecule has 0 unspecified atom stereocenters. The third-order valence-electron chi connectivity index (χ3n) is 2.94. The first-order valence-electron chi connectivity index (χ1n) is 6.56. The second-order valence-electron chi connectivity index (χ2n) is 4.74. The van der Waals surface area contributed by atoms with E-state index in [1.165, 1.54) is 31.4 Å². The van der Waals surface area contributed by atoms with Crippen LogP contribution in [0.5, 0.6) is 5.75 Å². The third kappa shape index (κ3) is 5.36. The van der Waals surface area contributed by atoms with Crippen molar-refractivity contribution in [1.82, 2.24) is 5.32 Å². The molecule has 0 heterocycles. The highest BCUT2D eigenvalue weighted by atomic mass is 79.9. The summed E-state index contributed by atoms with van der Waals surface area (Å²) in [5.74, 6) is 0.325. The lowest BCUT2D eigenvalue weighted by molar-refractivity contribution is 0.303. The van der Waals surface area contributed by atoms with Crippen LogP contribution in [0.4, 0.5) is 4.39 Å². The summed E-state index contributed by atoms with van der Waals surface area (Å²) in [6, 6.07) is 5.43.